The lowest BCUT2D eigenvalue weighted by molar-refractivity contribution is -0.875. The number of aliphatic carboxylic acids is 1. The number of carboxylic acid groups (broad SMARTS) is 1. The molecule has 1 unspecified atom stereocenters. The average molecular weight is 417 g/mol. The first-order valence-electron chi connectivity index (χ1n) is 11.5. The molecule has 0 fully saturated rings. The molecule has 0 radical (unpaired) electrons. The largest absolute Gasteiger partial charge is 0.481 e. The first-order valence-corrected chi connectivity index (χ1v) is 11.5. The van der Waals surface area contributed by atoms with Crippen molar-refractivity contribution in [2.24, 2.45) is 0 Å². The van der Waals surface area contributed by atoms with E-state index in [1.165, 1.54) is 51.4 Å². The predicted molar refractivity (Wildman–Crippen MR) is 117 cm³/mol. The zero-order valence-corrected chi connectivity index (χ0v) is 19.1. The molecule has 0 rings (SSSR count). The Morgan fingerprint density at radius 3 is 1.45 bits per heavy atom. The van der Waals surface area contributed by atoms with E-state index >= 15 is 0 Å². The van der Waals surface area contributed by atoms with Gasteiger partial charge in [0.2, 0.25) is 0 Å². The van der Waals surface area contributed by atoms with Crippen molar-refractivity contribution in [2.75, 3.05) is 34.3 Å². The third-order valence-corrected chi connectivity index (χ3v) is 5.26. The highest BCUT2D eigenvalue weighted by molar-refractivity contribution is 5.90. The van der Waals surface area contributed by atoms with E-state index in [1.54, 1.807) is 0 Å². The first-order chi connectivity index (χ1) is 13.6. The van der Waals surface area contributed by atoms with Gasteiger partial charge in [-0.1, -0.05) is 70.6 Å². The molecule has 0 saturated carbocycles. The molecule has 6 nitrogen and oxygen atoms in total. The number of carbonyl (C=O) groups excluding carboxylic acids is 1. The van der Waals surface area contributed by atoms with Crippen molar-refractivity contribution in [1.82, 2.24) is 0 Å². The summed E-state index contributed by atoms with van der Waals surface area (Å²) in [6.45, 7) is 0.424. The van der Waals surface area contributed by atoms with Crippen LogP contribution < -0.4 is 0 Å². The summed E-state index contributed by atoms with van der Waals surface area (Å²) in [6, 6.07) is 0. The van der Waals surface area contributed by atoms with Gasteiger partial charge in [-0.2, -0.15) is 0 Å². The van der Waals surface area contributed by atoms with Crippen LogP contribution in [0.4, 0.5) is 0 Å². The van der Waals surface area contributed by atoms with Gasteiger partial charge in [-0.15, -0.1) is 0 Å². The second-order valence-corrected chi connectivity index (χ2v) is 9.54. The van der Waals surface area contributed by atoms with E-state index in [0.29, 0.717) is 17.5 Å². The molecule has 0 aliphatic heterocycles. The zero-order chi connectivity index (χ0) is 22.2. The quantitative estimate of drug-likeness (QED) is 0.206. The van der Waals surface area contributed by atoms with Gasteiger partial charge in [-0.05, 0) is 12.8 Å². The number of rotatable bonds is 20. The van der Waals surface area contributed by atoms with Crippen LogP contribution in [-0.2, 0) is 9.59 Å². The van der Waals surface area contributed by atoms with Crippen LogP contribution in [0.1, 0.15) is 96.3 Å². The molecule has 0 aliphatic carbocycles. The van der Waals surface area contributed by atoms with Gasteiger partial charge >= 0.3 is 5.97 Å². The highest BCUT2D eigenvalue weighted by Gasteiger charge is 2.42. The van der Waals surface area contributed by atoms with Gasteiger partial charge in [0, 0.05) is 13.0 Å². The van der Waals surface area contributed by atoms with Gasteiger partial charge in [-0.25, -0.2) is 0 Å². The second-order valence-electron chi connectivity index (χ2n) is 9.54. The maximum absolute atomic E-state index is 12.5. The highest BCUT2D eigenvalue weighted by Crippen LogP contribution is 2.20. The van der Waals surface area contributed by atoms with Crippen molar-refractivity contribution >= 4 is 11.8 Å². The van der Waals surface area contributed by atoms with E-state index in [4.69, 9.17) is 10.2 Å². The van der Waals surface area contributed by atoms with Crippen LogP contribution in [-0.4, -0.2) is 71.5 Å². The minimum atomic E-state index is -1.78. The fourth-order valence-electron chi connectivity index (χ4n) is 3.85. The van der Waals surface area contributed by atoms with Crippen molar-refractivity contribution < 1.29 is 29.4 Å². The van der Waals surface area contributed by atoms with Crippen LogP contribution in [0.2, 0.25) is 0 Å². The highest BCUT2D eigenvalue weighted by atomic mass is 16.4. The molecule has 0 aromatic heterocycles. The van der Waals surface area contributed by atoms with Crippen molar-refractivity contribution in [3.63, 3.8) is 0 Å². The van der Waals surface area contributed by atoms with Gasteiger partial charge in [0.15, 0.2) is 11.4 Å². The molecule has 0 heterocycles. The smallest absolute Gasteiger partial charge is 0.306 e. The number of aliphatic hydroxyl groups excluding tert-OH is 1. The summed E-state index contributed by atoms with van der Waals surface area (Å²) in [5.74, 6) is -1.48. The molecular weight excluding hydrogens is 370 g/mol. The van der Waals surface area contributed by atoms with Gasteiger partial charge in [0.25, 0.3) is 0 Å². The summed E-state index contributed by atoms with van der Waals surface area (Å²) in [4.78, 5) is 23.5. The number of aliphatic hydroxyl groups is 2. The fourth-order valence-corrected chi connectivity index (χ4v) is 3.85. The van der Waals surface area contributed by atoms with E-state index in [9.17, 15) is 14.7 Å². The maximum Gasteiger partial charge on any atom is 0.306 e. The van der Waals surface area contributed by atoms with E-state index in [1.807, 2.05) is 21.1 Å². The Kier molecular flexibility index (Phi) is 15.3. The van der Waals surface area contributed by atoms with E-state index in [0.717, 1.165) is 25.7 Å². The van der Waals surface area contributed by atoms with Crippen molar-refractivity contribution in [3.8, 4) is 0 Å². The summed E-state index contributed by atoms with van der Waals surface area (Å²) in [5, 5.41) is 28.4. The van der Waals surface area contributed by atoms with Crippen LogP contribution in [0.3, 0.4) is 0 Å². The summed E-state index contributed by atoms with van der Waals surface area (Å²) in [7, 11) is 5.53. The molecule has 6 heteroatoms. The summed E-state index contributed by atoms with van der Waals surface area (Å²) >= 11 is 0. The summed E-state index contributed by atoms with van der Waals surface area (Å²) < 4.78 is 0.345. The van der Waals surface area contributed by atoms with E-state index < -0.39 is 18.0 Å². The minimum absolute atomic E-state index is 0.111. The molecule has 0 saturated heterocycles. The van der Waals surface area contributed by atoms with Gasteiger partial charge in [-0.3, -0.25) is 9.59 Å². The van der Waals surface area contributed by atoms with Crippen LogP contribution in [0.25, 0.3) is 0 Å². The number of ketones is 1. The van der Waals surface area contributed by atoms with E-state index in [2.05, 4.69) is 0 Å². The number of carbonyl (C=O) groups is 2. The number of hydrogen-bond acceptors (Lipinski definition) is 4. The summed E-state index contributed by atoms with van der Waals surface area (Å²) in [6.07, 6.45) is 14.6. The van der Waals surface area contributed by atoms with Crippen molar-refractivity contribution in [3.05, 3.63) is 0 Å². The zero-order valence-electron chi connectivity index (χ0n) is 19.1. The molecule has 0 bridgehead atoms. The lowest BCUT2D eigenvalue weighted by Crippen LogP contribution is -2.54. The third kappa shape index (κ3) is 16.5. The average Bonchev–Trinajstić information content (AvgIpc) is 2.59. The number of nitrogens with zero attached hydrogens (tertiary/aromatic N) is 1. The number of quaternary nitrogens is 1. The predicted octanol–water partition coefficient (Wildman–Crippen LogP) is 3.92. The van der Waals surface area contributed by atoms with Crippen LogP contribution in [0.15, 0.2) is 0 Å². The molecule has 0 aromatic carbocycles. The second kappa shape index (κ2) is 15.8. The number of hydrogen-bond donors (Lipinski definition) is 3. The lowest BCUT2D eigenvalue weighted by Gasteiger charge is -2.33. The first kappa shape index (κ1) is 28.0. The molecule has 29 heavy (non-hydrogen) atoms. The van der Waals surface area contributed by atoms with Crippen molar-refractivity contribution in [2.45, 2.75) is 102 Å². The molecule has 0 amide bonds. The SMILES string of the molecule is C[N+](C)(C)CC(O)(CC(=O)O)C(=O)CCCCCCCCCCCCCCCO. The lowest BCUT2D eigenvalue weighted by atomic mass is 9.89. The Hall–Kier alpha value is -0.980. The molecule has 0 spiro atoms. The van der Waals surface area contributed by atoms with Gasteiger partial charge < -0.3 is 19.8 Å². The Morgan fingerprint density at radius 1 is 0.724 bits per heavy atom. The molecule has 0 aromatic rings. The normalized spacial score (nSPS) is 14.0. The molecule has 0 aliphatic rings. The number of carboxylic acids is 1. The summed E-state index contributed by atoms with van der Waals surface area (Å²) in [5.41, 5.74) is -1.78. The van der Waals surface area contributed by atoms with Gasteiger partial charge in [0.1, 0.15) is 6.54 Å². The standard InChI is InChI=1S/C23H45NO5/c1-24(2,3)20-23(29,19-22(27)28)21(26)17-15-13-11-9-7-5-4-6-8-10-12-14-16-18-25/h25,29H,4-20H2,1-3H3/p+1. The third-order valence-electron chi connectivity index (χ3n) is 5.26. The molecular formula is C23H46NO5+. The van der Waals surface area contributed by atoms with Crippen molar-refractivity contribution in [1.29, 1.82) is 0 Å². The Balaban J connectivity index is 3.79. The maximum atomic E-state index is 12.5. The van der Waals surface area contributed by atoms with Crippen LogP contribution in [0.5, 0.6) is 0 Å². The Bertz CT molecular complexity index is 447. The number of likely N-dealkylation sites (N-methyl/N-ethyl adjacent to an activating group) is 1. The topological polar surface area (TPSA) is 94.8 Å². The molecule has 172 valence electrons. The van der Waals surface area contributed by atoms with Crippen LogP contribution in [0, 0.1) is 0 Å². The monoisotopic (exact) mass is 416 g/mol. The van der Waals surface area contributed by atoms with Crippen LogP contribution >= 0.6 is 0 Å². The minimum Gasteiger partial charge on any atom is -0.481 e. The number of unbranched alkanes of at least 4 members (excludes halogenated alkanes) is 12. The molecule has 3 N–H and O–H groups in total. The van der Waals surface area contributed by atoms with Gasteiger partial charge in [0.05, 0.1) is 27.6 Å². The number of Topliss-reactive ketones (excluding diaryl/α,β-unsaturated/α-hetero) is 1. The Morgan fingerprint density at radius 2 is 1.10 bits per heavy atom. The fraction of sp³-hybridized carbons (Fsp3) is 0.913. The Labute approximate surface area is 177 Å². The molecule has 1 atom stereocenters. The van der Waals surface area contributed by atoms with E-state index in [-0.39, 0.29) is 18.7 Å².